The highest BCUT2D eigenvalue weighted by Gasteiger charge is 2.07. The van der Waals surface area contributed by atoms with Gasteiger partial charge in [0, 0.05) is 17.5 Å². The number of hydrogen-bond donors (Lipinski definition) is 2. The summed E-state index contributed by atoms with van der Waals surface area (Å²) in [5.74, 6) is -0.833. The quantitative estimate of drug-likeness (QED) is 0.719. The molecule has 0 bridgehead atoms. The van der Waals surface area contributed by atoms with E-state index >= 15 is 0 Å². The van der Waals surface area contributed by atoms with Crippen LogP contribution in [0.2, 0.25) is 5.02 Å². The molecule has 15 heavy (non-hydrogen) atoms. The molecule has 0 amide bonds. The number of halogens is 1. The van der Waals surface area contributed by atoms with Gasteiger partial charge in [0.05, 0.1) is 6.07 Å². The number of nitrogens with zero attached hydrogens (tertiary/aromatic N) is 1. The van der Waals surface area contributed by atoms with Gasteiger partial charge in [-0.2, -0.15) is 5.26 Å². The molecule has 5 heteroatoms. The highest BCUT2D eigenvalue weighted by molar-refractivity contribution is 6.31. The van der Waals surface area contributed by atoms with Crippen molar-refractivity contribution in [1.82, 2.24) is 0 Å². The molecule has 0 aliphatic rings. The summed E-state index contributed by atoms with van der Waals surface area (Å²) in [4.78, 5) is 9.00. The average molecular weight is 228 g/mol. The van der Waals surface area contributed by atoms with Crippen molar-refractivity contribution in [1.29, 1.82) is 5.26 Å². The van der Waals surface area contributed by atoms with E-state index in [2.05, 4.69) is 0 Å². The number of aliphatic carboxylic acids is 1. The van der Waals surface area contributed by atoms with Crippen LogP contribution in [-0.4, -0.2) is 16.2 Å². The van der Waals surface area contributed by atoms with Gasteiger partial charge >= 0.3 is 0 Å². The number of aliphatic hydroxyl groups is 1. The third-order valence-electron chi connectivity index (χ3n) is 1.32. The Morgan fingerprint density at radius 1 is 1.53 bits per heavy atom. The lowest BCUT2D eigenvalue weighted by molar-refractivity contribution is -0.134. The zero-order valence-electron chi connectivity index (χ0n) is 8.01. The average Bonchev–Trinajstić information content (AvgIpc) is 2.16. The summed E-state index contributed by atoms with van der Waals surface area (Å²) in [6, 6.07) is 8.42. The molecule has 0 aliphatic heterocycles. The Morgan fingerprint density at radius 3 is 2.40 bits per heavy atom. The Balaban J connectivity index is 0.000000423. The van der Waals surface area contributed by atoms with Gasteiger partial charge in [0.25, 0.3) is 5.97 Å². The number of aliphatic hydroxyl groups excluding tert-OH is 1. The predicted molar refractivity (Wildman–Crippen MR) is 55.3 cm³/mol. The Hall–Kier alpha value is -1.57. The molecule has 80 valence electrons. The molecule has 0 aliphatic carbocycles. The second kappa shape index (κ2) is 6.82. The van der Waals surface area contributed by atoms with Gasteiger partial charge in [-0.15, -0.1) is 0 Å². The van der Waals surface area contributed by atoms with Crippen molar-refractivity contribution in [3.63, 3.8) is 0 Å². The molecule has 4 nitrogen and oxygen atoms in total. The van der Waals surface area contributed by atoms with Crippen LogP contribution in [0, 0.1) is 11.3 Å². The van der Waals surface area contributed by atoms with Gasteiger partial charge in [-0.25, -0.2) is 0 Å². The normalized spacial score (nSPS) is 10.5. The van der Waals surface area contributed by atoms with Crippen molar-refractivity contribution >= 4 is 17.6 Å². The summed E-state index contributed by atoms with van der Waals surface area (Å²) in [7, 11) is 0. The first kappa shape index (κ1) is 13.4. The predicted octanol–water partition coefficient (Wildman–Crippen LogP) is 1.99. The van der Waals surface area contributed by atoms with E-state index in [1.165, 1.54) is 0 Å². The van der Waals surface area contributed by atoms with Crippen LogP contribution in [0.3, 0.4) is 0 Å². The van der Waals surface area contributed by atoms with Gasteiger partial charge in [-0.3, -0.25) is 4.79 Å². The van der Waals surface area contributed by atoms with Gasteiger partial charge in [0.15, 0.2) is 6.10 Å². The van der Waals surface area contributed by atoms with Crippen molar-refractivity contribution < 1.29 is 15.0 Å². The van der Waals surface area contributed by atoms with Crippen LogP contribution in [0.4, 0.5) is 0 Å². The van der Waals surface area contributed by atoms with Crippen molar-refractivity contribution in [2.45, 2.75) is 13.0 Å². The van der Waals surface area contributed by atoms with Gasteiger partial charge < -0.3 is 10.2 Å². The summed E-state index contributed by atoms with van der Waals surface area (Å²) in [5, 5.41) is 25.3. The summed E-state index contributed by atoms with van der Waals surface area (Å²) >= 11 is 5.69. The summed E-state index contributed by atoms with van der Waals surface area (Å²) in [5.41, 5.74) is 0.455. The fourth-order valence-electron chi connectivity index (χ4n) is 0.766. The molecule has 0 fully saturated rings. The Bertz CT molecular complexity index is 369. The molecular weight excluding hydrogens is 218 g/mol. The fourth-order valence-corrected chi connectivity index (χ4v) is 1.01. The summed E-state index contributed by atoms with van der Waals surface area (Å²) < 4.78 is 0. The maximum atomic E-state index is 9.06. The van der Waals surface area contributed by atoms with Gasteiger partial charge in [-0.1, -0.05) is 29.8 Å². The number of carboxylic acids is 1. The van der Waals surface area contributed by atoms with Crippen LogP contribution in [0.1, 0.15) is 18.6 Å². The number of rotatable bonds is 1. The zero-order valence-corrected chi connectivity index (χ0v) is 8.77. The smallest absolute Gasteiger partial charge is 0.300 e. The molecule has 1 rings (SSSR count). The van der Waals surface area contributed by atoms with Crippen molar-refractivity contribution in [3.8, 4) is 6.07 Å². The van der Waals surface area contributed by atoms with E-state index in [0.717, 1.165) is 6.92 Å². The SMILES string of the molecule is CC(=O)O.N#C[C@@H](O)c1ccccc1Cl. The minimum Gasteiger partial charge on any atom is -0.481 e. The molecular formula is C10H10ClNO3. The first-order valence-corrected chi connectivity index (χ1v) is 4.38. The Morgan fingerprint density at radius 2 is 2.00 bits per heavy atom. The minimum absolute atomic E-state index is 0.418. The first-order valence-electron chi connectivity index (χ1n) is 4.00. The lowest BCUT2D eigenvalue weighted by atomic mass is 10.1. The summed E-state index contributed by atoms with van der Waals surface area (Å²) in [6.45, 7) is 1.08. The first-order chi connectivity index (χ1) is 6.99. The van der Waals surface area contributed by atoms with E-state index in [9.17, 15) is 0 Å². The molecule has 1 aromatic rings. The van der Waals surface area contributed by atoms with Crippen molar-refractivity contribution in [2.24, 2.45) is 0 Å². The number of benzene rings is 1. The van der Waals surface area contributed by atoms with Gasteiger partial charge in [0.2, 0.25) is 0 Å². The monoisotopic (exact) mass is 227 g/mol. The van der Waals surface area contributed by atoms with Gasteiger partial charge in [0.1, 0.15) is 0 Å². The van der Waals surface area contributed by atoms with E-state index in [4.69, 9.17) is 31.9 Å². The lowest BCUT2D eigenvalue weighted by Crippen LogP contribution is -1.93. The molecule has 0 heterocycles. The highest BCUT2D eigenvalue weighted by atomic mass is 35.5. The fraction of sp³-hybridized carbons (Fsp3) is 0.200. The number of carbonyl (C=O) groups is 1. The second-order valence-corrected chi connectivity index (χ2v) is 2.98. The molecule has 1 aromatic carbocycles. The molecule has 0 saturated heterocycles. The van der Waals surface area contributed by atoms with Crippen LogP contribution in [0.15, 0.2) is 24.3 Å². The molecule has 0 saturated carbocycles. The number of nitriles is 1. The topological polar surface area (TPSA) is 81.3 Å². The number of hydrogen-bond acceptors (Lipinski definition) is 3. The van der Waals surface area contributed by atoms with Crippen molar-refractivity contribution in [2.75, 3.05) is 0 Å². The highest BCUT2D eigenvalue weighted by Crippen LogP contribution is 2.21. The maximum absolute atomic E-state index is 9.06. The Kier molecular flexibility index (Phi) is 6.11. The van der Waals surface area contributed by atoms with E-state index < -0.39 is 12.1 Å². The van der Waals surface area contributed by atoms with Crippen LogP contribution in [-0.2, 0) is 4.79 Å². The molecule has 2 N–H and O–H groups in total. The number of carboxylic acid groups (broad SMARTS) is 1. The molecule has 0 unspecified atom stereocenters. The molecule has 0 radical (unpaired) electrons. The van der Waals surface area contributed by atoms with Gasteiger partial charge in [-0.05, 0) is 6.07 Å². The second-order valence-electron chi connectivity index (χ2n) is 2.57. The maximum Gasteiger partial charge on any atom is 0.300 e. The van der Waals surface area contributed by atoms with E-state index in [0.29, 0.717) is 10.6 Å². The van der Waals surface area contributed by atoms with E-state index in [-0.39, 0.29) is 0 Å². The molecule has 1 atom stereocenters. The van der Waals surface area contributed by atoms with Crippen molar-refractivity contribution in [3.05, 3.63) is 34.9 Å². The minimum atomic E-state index is -1.12. The van der Waals surface area contributed by atoms with E-state index in [1.807, 2.05) is 0 Å². The third-order valence-corrected chi connectivity index (χ3v) is 1.67. The summed E-state index contributed by atoms with van der Waals surface area (Å²) in [6.07, 6.45) is -1.12. The largest absolute Gasteiger partial charge is 0.481 e. The van der Waals surface area contributed by atoms with Crippen LogP contribution in [0.25, 0.3) is 0 Å². The van der Waals surface area contributed by atoms with E-state index in [1.54, 1.807) is 30.3 Å². The Labute approximate surface area is 92.3 Å². The lowest BCUT2D eigenvalue weighted by Gasteiger charge is -2.02. The molecule has 0 aromatic heterocycles. The van der Waals surface area contributed by atoms with Crippen LogP contribution in [0.5, 0.6) is 0 Å². The van der Waals surface area contributed by atoms with Crippen LogP contribution < -0.4 is 0 Å². The standard InChI is InChI=1S/C8H6ClNO.C2H4O2/c9-7-4-2-1-3-6(7)8(11)5-10;1-2(3)4/h1-4,8,11H;1H3,(H,3,4)/t8-;/m1./s1. The van der Waals surface area contributed by atoms with Crippen LogP contribution >= 0.6 is 11.6 Å². The zero-order chi connectivity index (χ0) is 11.8. The third kappa shape index (κ3) is 5.68. The molecule has 0 spiro atoms.